The van der Waals surface area contributed by atoms with Gasteiger partial charge in [-0.1, -0.05) is 23.7 Å². The summed E-state index contributed by atoms with van der Waals surface area (Å²) in [6, 6.07) is 14.7. The normalized spacial score (nSPS) is 25.8. The van der Waals surface area contributed by atoms with Gasteiger partial charge >= 0.3 is 0 Å². The van der Waals surface area contributed by atoms with Crippen LogP contribution in [0.4, 0.5) is 0 Å². The van der Waals surface area contributed by atoms with Gasteiger partial charge in [-0.3, -0.25) is 0 Å². The Morgan fingerprint density at radius 2 is 1.75 bits per heavy atom. The highest BCUT2D eigenvalue weighted by Gasteiger charge is 2.70. The summed E-state index contributed by atoms with van der Waals surface area (Å²) in [6.07, 6.45) is 0. The predicted molar refractivity (Wildman–Crippen MR) is 90.7 cm³/mol. The Morgan fingerprint density at radius 3 is 2.25 bits per heavy atom. The molecular weight excluding hydrogens is 348 g/mol. The minimum absolute atomic E-state index is 0.109. The van der Waals surface area contributed by atoms with Gasteiger partial charge in [0.1, 0.15) is 16.5 Å². The molecule has 0 amide bonds. The SMILES string of the molecule is COc1ccc([C@@H]2[C@@H](S(=O)(=O)c3ccc(Cl)cc3)[C@]2(N)C#N)cc1. The molecule has 0 aliphatic heterocycles. The lowest BCUT2D eigenvalue weighted by molar-refractivity contribution is 0.414. The molecule has 0 unspecified atom stereocenters. The molecule has 0 aromatic heterocycles. The summed E-state index contributed by atoms with van der Waals surface area (Å²) in [5.41, 5.74) is 5.34. The molecule has 2 aromatic rings. The second kappa shape index (κ2) is 5.78. The van der Waals surface area contributed by atoms with E-state index in [1.165, 1.54) is 24.3 Å². The van der Waals surface area contributed by atoms with E-state index >= 15 is 0 Å². The number of nitriles is 1. The summed E-state index contributed by atoms with van der Waals surface area (Å²) >= 11 is 5.81. The van der Waals surface area contributed by atoms with Crippen molar-refractivity contribution in [3.05, 3.63) is 59.1 Å². The van der Waals surface area contributed by atoms with E-state index in [1.807, 2.05) is 6.07 Å². The molecule has 1 fully saturated rings. The number of hydrogen-bond acceptors (Lipinski definition) is 5. The van der Waals surface area contributed by atoms with Crippen LogP contribution in [0.15, 0.2) is 53.4 Å². The Labute approximate surface area is 145 Å². The van der Waals surface area contributed by atoms with E-state index < -0.39 is 26.5 Å². The van der Waals surface area contributed by atoms with Gasteiger partial charge < -0.3 is 10.5 Å². The van der Waals surface area contributed by atoms with E-state index in [1.54, 1.807) is 31.4 Å². The largest absolute Gasteiger partial charge is 0.497 e. The lowest BCUT2D eigenvalue weighted by Gasteiger charge is -2.05. The third kappa shape index (κ3) is 2.55. The summed E-state index contributed by atoms with van der Waals surface area (Å²) in [7, 11) is -2.21. The van der Waals surface area contributed by atoms with Crippen LogP contribution in [-0.4, -0.2) is 26.3 Å². The molecule has 3 atom stereocenters. The summed E-state index contributed by atoms with van der Waals surface area (Å²) in [5, 5.41) is 8.88. The van der Waals surface area contributed by atoms with E-state index in [2.05, 4.69) is 0 Å². The van der Waals surface area contributed by atoms with Gasteiger partial charge in [-0.2, -0.15) is 5.26 Å². The van der Waals surface area contributed by atoms with Gasteiger partial charge in [0, 0.05) is 10.9 Å². The average Bonchev–Trinajstić information content (AvgIpc) is 3.23. The molecular formula is C17H15ClN2O3S. The van der Waals surface area contributed by atoms with Crippen LogP contribution < -0.4 is 10.5 Å². The highest BCUT2D eigenvalue weighted by atomic mass is 35.5. The van der Waals surface area contributed by atoms with Crippen molar-refractivity contribution in [2.45, 2.75) is 21.6 Å². The van der Waals surface area contributed by atoms with Gasteiger partial charge in [-0.15, -0.1) is 0 Å². The molecule has 7 heteroatoms. The molecule has 0 heterocycles. The maximum atomic E-state index is 12.9. The van der Waals surface area contributed by atoms with E-state index in [0.29, 0.717) is 16.3 Å². The van der Waals surface area contributed by atoms with Crippen molar-refractivity contribution < 1.29 is 13.2 Å². The molecule has 0 saturated heterocycles. The van der Waals surface area contributed by atoms with Crippen LogP contribution in [0.2, 0.25) is 5.02 Å². The maximum absolute atomic E-state index is 12.9. The number of hydrogen-bond donors (Lipinski definition) is 1. The number of rotatable bonds is 4. The minimum atomic E-state index is -3.75. The Kier molecular flexibility index (Phi) is 4.04. The van der Waals surface area contributed by atoms with Crippen molar-refractivity contribution in [2.75, 3.05) is 7.11 Å². The first-order chi connectivity index (χ1) is 11.3. The molecule has 5 nitrogen and oxygen atoms in total. The molecule has 1 aliphatic carbocycles. The van der Waals surface area contributed by atoms with Crippen LogP contribution in [0.3, 0.4) is 0 Å². The Morgan fingerprint density at radius 1 is 1.17 bits per heavy atom. The first-order valence-corrected chi connectivity index (χ1v) is 9.10. The second-order valence-electron chi connectivity index (χ2n) is 5.72. The fourth-order valence-electron chi connectivity index (χ4n) is 2.98. The van der Waals surface area contributed by atoms with Gasteiger partial charge in [0.05, 0.1) is 18.1 Å². The van der Waals surface area contributed by atoms with Crippen molar-refractivity contribution in [3.63, 3.8) is 0 Å². The summed E-state index contributed by atoms with van der Waals surface area (Å²) in [5.74, 6) is 0.0603. The van der Waals surface area contributed by atoms with Gasteiger partial charge in [-0.05, 0) is 42.0 Å². The predicted octanol–water partition coefficient (Wildman–Crippen LogP) is 2.51. The number of halogens is 1. The molecule has 124 valence electrons. The van der Waals surface area contributed by atoms with Crippen LogP contribution >= 0.6 is 11.6 Å². The Hall–Kier alpha value is -2.07. The first kappa shape index (κ1) is 16.8. The lowest BCUT2D eigenvalue weighted by atomic mass is 10.1. The topological polar surface area (TPSA) is 93.2 Å². The quantitative estimate of drug-likeness (QED) is 0.901. The van der Waals surface area contributed by atoms with Crippen molar-refractivity contribution in [1.82, 2.24) is 0 Å². The zero-order valence-electron chi connectivity index (χ0n) is 12.8. The van der Waals surface area contributed by atoms with Crippen LogP contribution in [-0.2, 0) is 9.84 Å². The van der Waals surface area contributed by atoms with Gasteiger partial charge in [-0.25, -0.2) is 8.42 Å². The van der Waals surface area contributed by atoms with E-state index in [9.17, 15) is 13.7 Å². The fourth-order valence-corrected chi connectivity index (χ4v) is 5.29. The van der Waals surface area contributed by atoms with Crippen molar-refractivity contribution in [1.29, 1.82) is 5.26 Å². The number of ether oxygens (including phenoxy) is 1. The lowest BCUT2D eigenvalue weighted by Crippen LogP contribution is -2.29. The van der Waals surface area contributed by atoms with E-state index in [0.717, 1.165) is 0 Å². The zero-order chi connectivity index (χ0) is 17.5. The van der Waals surface area contributed by atoms with Crippen LogP contribution in [0.1, 0.15) is 11.5 Å². The molecule has 0 bridgehead atoms. The van der Waals surface area contributed by atoms with Crippen LogP contribution in [0.25, 0.3) is 0 Å². The molecule has 0 spiro atoms. The summed E-state index contributed by atoms with van der Waals surface area (Å²) in [4.78, 5) is 0.109. The smallest absolute Gasteiger partial charge is 0.184 e. The van der Waals surface area contributed by atoms with Gasteiger partial charge in [0.2, 0.25) is 0 Å². The van der Waals surface area contributed by atoms with Crippen LogP contribution in [0, 0.1) is 11.3 Å². The number of nitrogens with two attached hydrogens (primary N) is 1. The molecule has 2 aromatic carbocycles. The van der Waals surface area contributed by atoms with Gasteiger partial charge in [0.15, 0.2) is 9.84 Å². The van der Waals surface area contributed by atoms with Crippen LogP contribution in [0.5, 0.6) is 5.75 Å². The zero-order valence-corrected chi connectivity index (χ0v) is 14.4. The third-order valence-corrected chi connectivity index (χ3v) is 6.84. The highest BCUT2D eigenvalue weighted by Crippen LogP contribution is 2.55. The number of methoxy groups -OCH3 is 1. The highest BCUT2D eigenvalue weighted by molar-refractivity contribution is 7.92. The number of benzene rings is 2. The van der Waals surface area contributed by atoms with E-state index in [-0.39, 0.29) is 4.90 Å². The molecule has 1 saturated carbocycles. The molecule has 24 heavy (non-hydrogen) atoms. The Bertz CT molecular complexity index is 904. The standard InChI is InChI=1S/C17H15ClN2O3S/c1-23-13-6-2-11(3-7-13)15-16(17(15,20)10-19)24(21,22)14-8-4-12(18)5-9-14/h2-9,15-16H,20H2,1H3/t15-,16-,17+/m1/s1. The number of nitrogens with zero attached hydrogens (tertiary/aromatic N) is 1. The van der Waals surface area contributed by atoms with Crippen molar-refractivity contribution >= 4 is 21.4 Å². The average molecular weight is 363 g/mol. The molecule has 1 aliphatic rings. The van der Waals surface area contributed by atoms with Gasteiger partial charge in [0.25, 0.3) is 0 Å². The molecule has 2 N–H and O–H groups in total. The number of sulfone groups is 1. The molecule has 0 radical (unpaired) electrons. The first-order valence-electron chi connectivity index (χ1n) is 7.18. The van der Waals surface area contributed by atoms with Crippen molar-refractivity contribution in [2.24, 2.45) is 5.73 Å². The second-order valence-corrected chi connectivity index (χ2v) is 8.22. The Balaban J connectivity index is 2.00. The summed E-state index contributed by atoms with van der Waals surface area (Å²) in [6.45, 7) is 0. The monoisotopic (exact) mass is 362 g/mol. The fraction of sp³-hybridized carbons (Fsp3) is 0.235. The minimum Gasteiger partial charge on any atom is -0.497 e. The summed E-state index contributed by atoms with van der Waals surface area (Å²) < 4.78 is 30.9. The third-order valence-electron chi connectivity index (χ3n) is 4.32. The van der Waals surface area contributed by atoms with E-state index in [4.69, 9.17) is 22.1 Å². The maximum Gasteiger partial charge on any atom is 0.184 e. The molecule has 3 rings (SSSR count). The van der Waals surface area contributed by atoms with Crippen molar-refractivity contribution in [3.8, 4) is 11.8 Å².